The number of hydrogen-bond acceptors (Lipinski definition) is 4. The fourth-order valence-electron chi connectivity index (χ4n) is 2.55. The average molecular weight is 341 g/mol. The Labute approximate surface area is 150 Å². The first kappa shape index (κ1) is 20.6. The van der Waals surface area contributed by atoms with Crippen LogP contribution in [0.15, 0.2) is 72.4 Å². The monoisotopic (exact) mass is 341 g/mol. The number of ether oxygens (including phenoxy) is 1. The van der Waals surface area contributed by atoms with E-state index in [1.807, 2.05) is 31.2 Å². The van der Waals surface area contributed by atoms with Gasteiger partial charge in [-0.15, -0.1) is 0 Å². The highest BCUT2D eigenvalue weighted by Crippen LogP contribution is 2.32. The summed E-state index contributed by atoms with van der Waals surface area (Å²) in [5, 5.41) is 11.3. The average Bonchev–Trinajstić information content (AvgIpc) is 2.61. The Bertz CT molecular complexity index is 686. The number of rotatable bonds is 9. The molecule has 1 atom stereocenters. The summed E-state index contributed by atoms with van der Waals surface area (Å²) in [6, 6.07) is 7.57. The van der Waals surface area contributed by atoms with E-state index >= 15 is 0 Å². The lowest BCUT2D eigenvalue weighted by molar-refractivity contribution is -0.105. The fourth-order valence-corrected chi connectivity index (χ4v) is 2.55. The second-order valence-corrected chi connectivity index (χ2v) is 5.90. The van der Waals surface area contributed by atoms with Gasteiger partial charge < -0.3 is 9.84 Å². The molecule has 1 aromatic rings. The van der Waals surface area contributed by atoms with Crippen LogP contribution in [0.5, 0.6) is 5.75 Å². The molecule has 0 fully saturated rings. The number of aldehydes is 1. The van der Waals surface area contributed by atoms with E-state index in [2.05, 4.69) is 13.2 Å². The zero-order valence-electron chi connectivity index (χ0n) is 15.5. The normalized spacial score (nSPS) is 14.4. The first-order valence-corrected chi connectivity index (χ1v) is 8.01. The number of nitrogens with zero attached hydrogens (tertiary/aromatic N) is 1. The highest BCUT2D eigenvalue weighted by atomic mass is 16.5. The summed E-state index contributed by atoms with van der Waals surface area (Å²) in [5.74, 6) is 0.767. The van der Waals surface area contributed by atoms with Gasteiger partial charge in [0.25, 0.3) is 0 Å². The molecular formula is C21H27NO3. The van der Waals surface area contributed by atoms with Crippen LogP contribution in [-0.2, 0) is 11.3 Å². The van der Waals surface area contributed by atoms with Gasteiger partial charge in [0.1, 0.15) is 12.0 Å². The van der Waals surface area contributed by atoms with E-state index in [0.29, 0.717) is 29.6 Å². The molecule has 0 amide bonds. The van der Waals surface area contributed by atoms with Crippen molar-refractivity contribution in [1.82, 2.24) is 4.90 Å². The van der Waals surface area contributed by atoms with Gasteiger partial charge in [-0.2, -0.15) is 0 Å². The maximum Gasteiger partial charge on any atom is 0.166 e. The Morgan fingerprint density at radius 1 is 1.32 bits per heavy atom. The van der Waals surface area contributed by atoms with Crippen molar-refractivity contribution in [2.45, 2.75) is 26.1 Å². The Balaban J connectivity index is 3.15. The highest BCUT2D eigenvalue weighted by molar-refractivity contribution is 5.82. The summed E-state index contributed by atoms with van der Waals surface area (Å²) >= 11 is 0. The minimum atomic E-state index is -1.53. The standard InChI is InChI=1S/C21H27NO3/c1-7-8-9-19(15-23)17(4)21(24,16(2)3)22(5)14-18-10-12-20(25-6)13-11-18/h7-13,15,24H,2,4,14H2,1,3,5-6H3/b8-7-,19-9-. The molecule has 1 rings (SSSR count). The van der Waals surface area contributed by atoms with E-state index in [1.54, 1.807) is 44.2 Å². The van der Waals surface area contributed by atoms with Gasteiger partial charge >= 0.3 is 0 Å². The van der Waals surface area contributed by atoms with Crippen LogP contribution in [0.25, 0.3) is 0 Å². The zero-order valence-corrected chi connectivity index (χ0v) is 15.5. The van der Waals surface area contributed by atoms with E-state index in [1.165, 1.54) is 0 Å². The molecule has 0 saturated heterocycles. The molecule has 134 valence electrons. The quantitative estimate of drug-likeness (QED) is 0.245. The molecular weight excluding hydrogens is 314 g/mol. The van der Waals surface area contributed by atoms with Crippen LogP contribution in [0.1, 0.15) is 19.4 Å². The molecule has 0 heterocycles. The van der Waals surface area contributed by atoms with Crippen LogP contribution in [0.4, 0.5) is 0 Å². The van der Waals surface area contributed by atoms with Crippen LogP contribution in [0.2, 0.25) is 0 Å². The molecule has 0 aliphatic rings. The Kier molecular flexibility index (Phi) is 7.55. The summed E-state index contributed by atoms with van der Waals surface area (Å²) in [5.41, 5.74) is 0.561. The highest BCUT2D eigenvalue weighted by Gasteiger charge is 2.37. The third-order valence-corrected chi connectivity index (χ3v) is 4.09. The molecule has 0 spiro atoms. The van der Waals surface area contributed by atoms with E-state index in [9.17, 15) is 9.90 Å². The fraction of sp³-hybridized carbons (Fsp3) is 0.286. The Morgan fingerprint density at radius 3 is 2.36 bits per heavy atom. The van der Waals surface area contributed by atoms with E-state index < -0.39 is 5.72 Å². The van der Waals surface area contributed by atoms with Crippen LogP contribution in [0, 0.1) is 0 Å². The Hall–Kier alpha value is -2.43. The lowest BCUT2D eigenvalue weighted by atomic mass is 9.90. The van der Waals surface area contributed by atoms with Gasteiger partial charge in [-0.05, 0) is 44.2 Å². The number of aliphatic hydroxyl groups is 1. The molecule has 1 N–H and O–H groups in total. The maximum absolute atomic E-state index is 11.4. The minimum absolute atomic E-state index is 0.295. The van der Waals surface area contributed by atoms with E-state index in [4.69, 9.17) is 4.74 Å². The predicted octanol–water partition coefficient (Wildman–Crippen LogP) is 3.65. The molecule has 0 radical (unpaired) electrons. The number of likely N-dealkylation sites (N-methyl/N-ethyl adjacent to an activating group) is 1. The van der Waals surface area contributed by atoms with Crippen LogP contribution >= 0.6 is 0 Å². The summed E-state index contributed by atoms with van der Waals surface area (Å²) in [6.45, 7) is 11.9. The first-order chi connectivity index (χ1) is 11.8. The van der Waals surface area contributed by atoms with Crippen molar-refractivity contribution < 1.29 is 14.6 Å². The molecule has 0 bridgehead atoms. The first-order valence-electron chi connectivity index (χ1n) is 8.01. The van der Waals surface area contributed by atoms with Gasteiger partial charge in [0.15, 0.2) is 5.72 Å². The van der Waals surface area contributed by atoms with E-state index in [-0.39, 0.29) is 0 Å². The molecule has 4 heteroatoms. The van der Waals surface area contributed by atoms with Gasteiger partial charge in [-0.1, -0.05) is 43.5 Å². The van der Waals surface area contributed by atoms with E-state index in [0.717, 1.165) is 11.3 Å². The predicted molar refractivity (Wildman–Crippen MR) is 102 cm³/mol. The number of carbonyl (C=O) groups is 1. The van der Waals surface area contributed by atoms with Crippen molar-refractivity contribution in [2.24, 2.45) is 0 Å². The van der Waals surface area contributed by atoms with Crippen LogP contribution in [0.3, 0.4) is 0 Å². The number of carbonyl (C=O) groups excluding carboxylic acids is 1. The van der Waals surface area contributed by atoms with Crippen molar-refractivity contribution in [3.8, 4) is 5.75 Å². The minimum Gasteiger partial charge on any atom is -0.497 e. The second kappa shape index (κ2) is 9.16. The lowest BCUT2D eigenvalue weighted by Gasteiger charge is -2.39. The molecule has 1 aromatic carbocycles. The van der Waals surface area contributed by atoms with Crippen molar-refractivity contribution >= 4 is 6.29 Å². The Morgan fingerprint density at radius 2 is 1.92 bits per heavy atom. The van der Waals surface area contributed by atoms with Crippen LogP contribution < -0.4 is 4.74 Å². The van der Waals surface area contributed by atoms with Gasteiger partial charge in [0, 0.05) is 17.7 Å². The number of benzene rings is 1. The molecule has 0 aromatic heterocycles. The summed E-state index contributed by atoms with van der Waals surface area (Å²) < 4.78 is 5.16. The largest absolute Gasteiger partial charge is 0.497 e. The topological polar surface area (TPSA) is 49.8 Å². The SMILES string of the molecule is C=C(C)C(O)(C(=C)/C(C=O)=C\C=C/C)N(C)Cc1ccc(OC)cc1. The van der Waals surface area contributed by atoms with Crippen molar-refractivity contribution in [3.05, 3.63) is 77.9 Å². The summed E-state index contributed by atoms with van der Waals surface area (Å²) in [7, 11) is 3.38. The third kappa shape index (κ3) is 4.78. The summed E-state index contributed by atoms with van der Waals surface area (Å²) in [4.78, 5) is 13.2. The number of allylic oxidation sites excluding steroid dienone is 3. The molecule has 0 saturated carbocycles. The molecule has 4 nitrogen and oxygen atoms in total. The third-order valence-electron chi connectivity index (χ3n) is 4.09. The van der Waals surface area contributed by atoms with Crippen molar-refractivity contribution in [2.75, 3.05) is 14.2 Å². The molecule has 1 unspecified atom stereocenters. The number of hydrogen-bond donors (Lipinski definition) is 1. The smallest absolute Gasteiger partial charge is 0.166 e. The van der Waals surface area contributed by atoms with Gasteiger partial charge in [-0.25, -0.2) is 0 Å². The van der Waals surface area contributed by atoms with Crippen molar-refractivity contribution in [3.63, 3.8) is 0 Å². The van der Waals surface area contributed by atoms with Crippen molar-refractivity contribution in [1.29, 1.82) is 0 Å². The zero-order chi connectivity index (χ0) is 19.0. The second-order valence-electron chi connectivity index (χ2n) is 5.90. The van der Waals surface area contributed by atoms with Gasteiger partial charge in [0.05, 0.1) is 7.11 Å². The molecule has 0 aliphatic heterocycles. The lowest BCUT2D eigenvalue weighted by Crippen LogP contribution is -2.48. The van der Waals surface area contributed by atoms with Gasteiger partial charge in [0.2, 0.25) is 0 Å². The van der Waals surface area contributed by atoms with Crippen LogP contribution in [-0.4, -0.2) is 36.2 Å². The van der Waals surface area contributed by atoms with Gasteiger partial charge in [-0.3, -0.25) is 9.69 Å². The molecule has 0 aliphatic carbocycles. The molecule has 25 heavy (non-hydrogen) atoms. The summed E-state index contributed by atoms with van der Waals surface area (Å²) in [6.07, 6.45) is 5.86. The number of methoxy groups -OCH3 is 1. The maximum atomic E-state index is 11.4.